The first-order chi connectivity index (χ1) is 9.33. The maximum atomic E-state index is 11.9. The predicted octanol–water partition coefficient (Wildman–Crippen LogP) is 1.98. The van der Waals surface area contributed by atoms with Crippen LogP contribution in [0.4, 0.5) is 5.69 Å². The first-order valence-electron chi connectivity index (χ1n) is 5.47. The number of aromatic nitrogens is 4. The third-order valence-electron chi connectivity index (χ3n) is 2.49. The first kappa shape index (κ1) is 11.5. The van der Waals surface area contributed by atoms with Crippen molar-refractivity contribution < 1.29 is 4.79 Å². The number of rotatable bonds is 3. The Morgan fingerprint density at radius 3 is 2.84 bits per heavy atom. The molecule has 0 spiro atoms. The number of carbonyl (C=O) groups excluding carboxylic acids is 1. The predicted molar refractivity (Wildman–Crippen MR) is 71.4 cm³/mol. The van der Waals surface area contributed by atoms with Crippen molar-refractivity contribution in [2.24, 2.45) is 0 Å². The SMILES string of the molecule is O=C(Nc1cccc(-n2cnnc2)c1)c1cscn1. The highest BCUT2D eigenvalue weighted by Gasteiger charge is 2.08. The van der Waals surface area contributed by atoms with Gasteiger partial charge in [0, 0.05) is 11.1 Å². The number of hydrogen-bond donors (Lipinski definition) is 1. The fourth-order valence-corrected chi connectivity index (χ4v) is 2.13. The van der Waals surface area contributed by atoms with Crippen LogP contribution in [0.2, 0.25) is 0 Å². The molecular weight excluding hydrogens is 262 g/mol. The molecule has 0 radical (unpaired) electrons. The summed E-state index contributed by atoms with van der Waals surface area (Å²) in [7, 11) is 0. The van der Waals surface area contributed by atoms with Gasteiger partial charge in [0.2, 0.25) is 0 Å². The Balaban J connectivity index is 1.82. The third-order valence-corrected chi connectivity index (χ3v) is 3.07. The topological polar surface area (TPSA) is 72.7 Å². The minimum Gasteiger partial charge on any atom is -0.321 e. The number of benzene rings is 1. The summed E-state index contributed by atoms with van der Waals surface area (Å²) in [5.74, 6) is -0.220. The Labute approximate surface area is 112 Å². The van der Waals surface area contributed by atoms with Gasteiger partial charge in [0.1, 0.15) is 18.3 Å². The molecule has 2 aromatic heterocycles. The maximum absolute atomic E-state index is 11.9. The summed E-state index contributed by atoms with van der Waals surface area (Å²) in [5.41, 5.74) is 3.62. The van der Waals surface area contributed by atoms with Gasteiger partial charge in [-0.2, -0.15) is 0 Å². The molecule has 3 aromatic rings. The Bertz CT molecular complexity index is 678. The van der Waals surface area contributed by atoms with Crippen molar-refractivity contribution in [3.63, 3.8) is 0 Å². The van der Waals surface area contributed by atoms with Crippen molar-refractivity contribution in [2.45, 2.75) is 0 Å². The van der Waals surface area contributed by atoms with Crippen LogP contribution in [-0.4, -0.2) is 25.7 Å². The molecule has 0 fully saturated rings. The van der Waals surface area contributed by atoms with Crippen LogP contribution in [0.5, 0.6) is 0 Å². The minimum atomic E-state index is -0.220. The van der Waals surface area contributed by atoms with Gasteiger partial charge in [-0.1, -0.05) is 6.07 Å². The molecule has 19 heavy (non-hydrogen) atoms. The normalized spacial score (nSPS) is 10.3. The van der Waals surface area contributed by atoms with Gasteiger partial charge in [-0.15, -0.1) is 21.5 Å². The highest BCUT2D eigenvalue weighted by molar-refractivity contribution is 7.07. The van der Waals surface area contributed by atoms with Gasteiger partial charge in [0.05, 0.1) is 11.2 Å². The van der Waals surface area contributed by atoms with Crippen LogP contribution < -0.4 is 5.32 Å². The van der Waals surface area contributed by atoms with E-state index in [9.17, 15) is 4.79 Å². The number of carbonyl (C=O) groups is 1. The zero-order valence-electron chi connectivity index (χ0n) is 9.72. The van der Waals surface area contributed by atoms with Crippen LogP contribution in [0.1, 0.15) is 10.5 Å². The van der Waals surface area contributed by atoms with Gasteiger partial charge < -0.3 is 5.32 Å². The van der Waals surface area contributed by atoms with Crippen molar-refractivity contribution in [1.82, 2.24) is 19.7 Å². The first-order valence-corrected chi connectivity index (χ1v) is 6.42. The zero-order chi connectivity index (χ0) is 13.1. The second kappa shape index (κ2) is 4.99. The average Bonchev–Trinajstić information content (AvgIpc) is 3.13. The van der Waals surface area contributed by atoms with Crippen molar-refractivity contribution in [1.29, 1.82) is 0 Å². The largest absolute Gasteiger partial charge is 0.321 e. The number of nitrogens with zero attached hydrogens (tertiary/aromatic N) is 4. The molecule has 0 aliphatic carbocycles. The fraction of sp³-hybridized carbons (Fsp3) is 0. The van der Waals surface area contributed by atoms with Crippen molar-refractivity contribution >= 4 is 22.9 Å². The van der Waals surface area contributed by atoms with Gasteiger partial charge >= 0.3 is 0 Å². The van der Waals surface area contributed by atoms with Crippen molar-refractivity contribution in [3.8, 4) is 5.69 Å². The summed E-state index contributed by atoms with van der Waals surface area (Å²) in [6.07, 6.45) is 3.20. The molecule has 7 heteroatoms. The molecule has 1 aromatic carbocycles. The number of nitrogens with one attached hydrogen (secondary N) is 1. The summed E-state index contributed by atoms with van der Waals surface area (Å²) in [6.45, 7) is 0. The Hall–Kier alpha value is -2.54. The van der Waals surface area contributed by atoms with Crippen LogP contribution in [0.15, 0.2) is 47.8 Å². The van der Waals surface area contributed by atoms with Crippen LogP contribution in [0.25, 0.3) is 5.69 Å². The molecule has 0 aliphatic heterocycles. The van der Waals surface area contributed by atoms with Crippen LogP contribution in [0.3, 0.4) is 0 Å². The molecular formula is C12H9N5OS. The Morgan fingerprint density at radius 1 is 1.26 bits per heavy atom. The molecule has 2 heterocycles. The smallest absolute Gasteiger partial charge is 0.275 e. The van der Waals surface area contributed by atoms with E-state index in [2.05, 4.69) is 20.5 Å². The van der Waals surface area contributed by atoms with E-state index in [1.807, 2.05) is 24.3 Å². The standard InChI is InChI=1S/C12H9N5OS/c18-12(11-5-19-8-13-11)16-9-2-1-3-10(4-9)17-6-14-15-7-17/h1-8H,(H,16,18). The lowest BCUT2D eigenvalue weighted by molar-refractivity contribution is 0.102. The molecule has 1 amide bonds. The van der Waals surface area contributed by atoms with Gasteiger partial charge in [-0.25, -0.2) is 4.98 Å². The number of anilines is 1. The lowest BCUT2D eigenvalue weighted by Gasteiger charge is -2.06. The van der Waals surface area contributed by atoms with E-state index >= 15 is 0 Å². The second-order valence-corrected chi connectivity index (χ2v) is 4.47. The van der Waals surface area contributed by atoms with E-state index in [1.165, 1.54) is 11.3 Å². The van der Waals surface area contributed by atoms with E-state index in [0.717, 1.165) is 5.69 Å². The van der Waals surface area contributed by atoms with Crippen LogP contribution >= 0.6 is 11.3 Å². The molecule has 94 valence electrons. The molecule has 0 unspecified atom stereocenters. The van der Waals surface area contributed by atoms with Crippen molar-refractivity contribution in [2.75, 3.05) is 5.32 Å². The van der Waals surface area contributed by atoms with E-state index in [-0.39, 0.29) is 5.91 Å². The molecule has 1 N–H and O–H groups in total. The average molecular weight is 271 g/mol. The fourth-order valence-electron chi connectivity index (χ4n) is 1.60. The zero-order valence-corrected chi connectivity index (χ0v) is 10.5. The second-order valence-electron chi connectivity index (χ2n) is 3.75. The van der Waals surface area contributed by atoms with E-state index in [1.54, 1.807) is 28.1 Å². The monoisotopic (exact) mass is 271 g/mol. The lowest BCUT2D eigenvalue weighted by atomic mass is 10.2. The Morgan fingerprint density at radius 2 is 2.11 bits per heavy atom. The summed E-state index contributed by atoms with van der Waals surface area (Å²) in [5, 5.41) is 12.0. The molecule has 0 saturated heterocycles. The summed E-state index contributed by atoms with van der Waals surface area (Å²) in [4.78, 5) is 15.8. The summed E-state index contributed by atoms with van der Waals surface area (Å²) in [6, 6.07) is 7.42. The number of amides is 1. The maximum Gasteiger partial charge on any atom is 0.275 e. The quantitative estimate of drug-likeness (QED) is 0.790. The van der Waals surface area contributed by atoms with Crippen LogP contribution in [-0.2, 0) is 0 Å². The van der Waals surface area contributed by atoms with E-state index in [4.69, 9.17) is 0 Å². The number of hydrogen-bond acceptors (Lipinski definition) is 5. The van der Waals surface area contributed by atoms with E-state index < -0.39 is 0 Å². The number of thiazole rings is 1. The molecule has 0 atom stereocenters. The molecule has 0 saturated carbocycles. The van der Waals surface area contributed by atoms with E-state index in [0.29, 0.717) is 11.4 Å². The van der Waals surface area contributed by atoms with Gasteiger partial charge in [-0.05, 0) is 18.2 Å². The molecule has 3 rings (SSSR count). The lowest BCUT2D eigenvalue weighted by Crippen LogP contribution is -2.12. The minimum absolute atomic E-state index is 0.220. The van der Waals surface area contributed by atoms with Gasteiger partial charge in [0.15, 0.2) is 0 Å². The highest BCUT2D eigenvalue weighted by Crippen LogP contribution is 2.15. The Kier molecular flexibility index (Phi) is 3.03. The van der Waals surface area contributed by atoms with Gasteiger partial charge in [0.25, 0.3) is 5.91 Å². The van der Waals surface area contributed by atoms with Crippen LogP contribution in [0, 0.1) is 0 Å². The highest BCUT2D eigenvalue weighted by atomic mass is 32.1. The third kappa shape index (κ3) is 2.50. The summed E-state index contributed by atoms with van der Waals surface area (Å²) >= 11 is 1.39. The molecule has 6 nitrogen and oxygen atoms in total. The van der Waals surface area contributed by atoms with Crippen molar-refractivity contribution in [3.05, 3.63) is 53.5 Å². The molecule has 0 bridgehead atoms. The molecule has 0 aliphatic rings. The van der Waals surface area contributed by atoms with Gasteiger partial charge in [-0.3, -0.25) is 9.36 Å². The summed E-state index contributed by atoms with van der Waals surface area (Å²) < 4.78 is 1.76.